The zero-order valence-electron chi connectivity index (χ0n) is 10.3. The van der Waals surface area contributed by atoms with Crippen LogP contribution in [0.5, 0.6) is 0 Å². The Kier molecular flexibility index (Phi) is 3.64. The van der Waals surface area contributed by atoms with E-state index in [1.165, 1.54) is 0 Å². The highest BCUT2D eigenvalue weighted by Crippen LogP contribution is 2.22. The lowest BCUT2D eigenvalue weighted by Crippen LogP contribution is -2.44. The molecule has 1 aromatic heterocycles. The largest absolute Gasteiger partial charge is 0.481 e. The monoisotopic (exact) mass is 252 g/mol. The molecule has 1 fully saturated rings. The van der Waals surface area contributed by atoms with Gasteiger partial charge in [0.25, 0.3) is 5.91 Å². The van der Waals surface area contributed by atoms with Crippen LogP contribution in [0.25, 0.3) is 0 Å². The number of aliphatic carboxylic acids is 1. The molecule has 18 heavy (non-hydrogen) atoms. The number of carboxylic acid groups (broad SMARTS) is 1. The Morgan fingerprint density at radius 2 is 2.33 bits per heavy atom. The second kappa shape index (κ2) is 5.20. The molecule has 0 spiro atoms. The van der Waals surface area contributed by atoms with Gasteiger partial charge >= 0.3 is 5.97 Å². The van der Waals surface area contributed by atoms with E-state index in [0.717, 1.165) is 19.3 Å². The average Bonchev–Trinajstić information content (AvgIpc) is 2.75. The van der Waals surface area contributed by atoms with E-state index < -0.39 is 5.97 Å². The van der Waals surface area contributed by atoms with Crippen molar-refractivity contribution in [3.05, 3.63) is 17.5 Å². The summed E-state index contributed by atoms with van der Waals surface area (Å²) in [4.78, 5) is 24.6. The van der Waals surface area contributed by atoms with Crippen molar-refractivity contribution in [2.75, 3.05) is 6.54 Å². The van der Waals surface area contributed by atoms with E-state index in [4.69, 9.17) is 9.63 Å². The maximum atomic E-state index is 12.2. The standard InChI is InChI=1S/C12H16N2O4/c1-8-6-10(18-13-8)12(17)14-5-3-2-4-9(14)7-11(15)16/h6,9H,2-5,7H2,1H3,(H,15,16). The third kappa shape index (κ3) is 2.69. The third-order valence-electron chi connectivity index (χ3n) is 3.14. The van der Waals surface area contributed by atoms with Crippen molar-refractivity contribution in [2.45, 2.75) is 38.6 Å². The lowest BCUT2D eigenvalue weighted by Gasteiger charge is -2.34. The Hall–Kier alpha value is -1.85. The molecule has 2 rings (SSSR count). The van der Waals surface area contributed by atoms with Crippen molar-refractivity contribution in [3.63, 3.8) is 0 Å². The molecule has 2 heterocycles. The van der Waals surface area contributed by atoms with Crippen molar-refractivity contribution < 1.29 is 19.2 Å². The van der Waals surface area contributed by atoms with Gasteiger partial charge in [-0.2, -0.15) is 0 Å². The van der Waals surface area contributed by atoms with Gasteiger partial charge in [0.15, 0.2) is 0 Å². The first-order valence-corrected chi connectivity index (χ1v) is 6.04. The van der Waals surface area contributed by atoms with Crippen LogP contribution >= 0.6 is 0 Å². The minimum Gasteiger partial charge on any atom is -0.481 e. The number of aromatic nitrogens is 1. The number of carbonyl (C=O) groups is 2. The summed E-state index contributed by atoms with van der Waals surface area (Å²) in [7, 11) is 0. The zero-order chi connectivity index (χ0) is 13.1. The van der Waals surface area contributed by atoms with Crippen molar-refractivity contribution in [1.82, 2.24) is 10.1 Å². The summed E-state index contributed by atoms with van der Waals surface area (Å²) in [6, 6.07) is 1.34. The van der Waals surface area contributed by atoms with Crippen molar-refractivity contribution in [1.29, 1.82) is 0 Å². The molecular formula is C12H16N2O4. The number of piperidine rings is 1. The van der Waals surface area contributed by atoms with Crippen LogP contribution in [0.4, 0.5) is 0 Å². The number of hydrogen-bond acceptors (Lipinski definition) is 4. The van der Waals surface area contributed by atoms with E-state index >= 15 is 0 Å². The van der Waals surface area contributed by atoms with Crippen LogP contribution < -0.4 is 0 Å². The number of nitrogens with zero attached hydrogens (tertiary/aromatic N) is 2. The first-order valence-electron chi connectivity index (χ1n) is 6.04. The van der Waals surface area contributed by atoms with Crippen LogP contribution in [0, 0.1) is 6.92 Å². The molecule has 1 atom stereocenters. The van der Waals surface area contributed by atoms with E-state index in [1.54, 1.807) is 17.9 Å². The van der Waals surface area contributed by atoms with Gasteiger partial charge in [-0.15, -0.1) is 0 Å². The van der Waals surface area contributed by atoms with Crippen LogP contribution in [-0.4, -0.2) is 39.6 Å². The van der Waals surface area contributed by atoms with Gasteiger partial charge < -0.3 is 14.5 Å². The number of carbonyl (C=O) groups excluding carboxylic acids is 1. The van der Waals surface area contributed by atoms with Crippen LogP contribution in [0.2, 0.25) is 0 Å². The minimum atomic E-state index is -0.881. The van der Waals surface area contributed by atoms with Crippen LogP contribution in [-0.2, 0) is 4.79 Å². The number of rotatable bonds is 3. The molecule has 0 radical (unpaired) electrons. The molecule has 6 heteroatoms. The molecule has 0 saturated carbocycles. The number of aryl methyl sites for hydroxylation is 1. The topological polar surface area (TPSA) is 83.6 Å². The Bertz CT molecular complexity index is 455. The second-order valence-corrected chi connectivity index (χ2v) is 4.58. The van der Waals surface area contributed by atoms with Gasteiger partial charge in [0, 0.05) is 18.7 Å². The van der Waals surface area contributed by atoms with Crippen LogP contribution in [0.3, 0.4) is 0 Å². The molecule has 1 aromatic rings. The van der Waals surface area contributed by atoms with Gasteiger partial charge in [-0.25, -0.2) is 0 Å². The lowest BCUT2D eigenvalue weighted by atomic mass is 9.99. The molecule has 1 unspecified atom stereocenters. The Morgan fingerprint density at radius 1 is 1.56 bits per heavy atom. The summed E-state index contributed by atoms with van der Waals surface area (Å²) in [6.07, 6.45) is 2.57. The number of carboxylic acids is 1. The predicted octanol–water partition coefficient (Wildman–Crippen LogP) is 1.45. The van der Waals surface area contributed by atoms with Gasteiger partial charge in [-0.05, 0) is 26.2 Å². The average molecular weight is 252 g/mol. The van der Waals surface area contributed by atoms with Gasteiger partial charge in [0.05, 0.1) is 12.1 Å². The van der Waals surface area contributed by atoms with Gasteiger partial charge in [-0.3, -0.25) is 9.59 Å². The molecule has 1 saturated heterocycles. The number of hydrogen-bond donors (Lipinski definition) is 1. The number of likely N-dealkylation sites (tertiary alicyclic amines) is 1. The van der Waals surface area contributed by atoms with E-state index in [-0.39, 0.29) is 24.1 Å². The first kappa shape index (κ1) is 12.6. The lowest BCUT2D eigenvalue weighted by molar-refractivity contribution is -0.138. The molecule has 1 N–H and O–H groups in total. The molecular weight excluding hydrogens is 236 g/mol. The highest BCUT2D eigenvalue weighted by Gasteiger charge is 2.30. The van der Waals surface area contributed by atoms with E-state index in [1.807, 2.05) is 0 Å². The van der Waals surface area contributed by atoms with Crippen molar-refractivity contribution in [2.24, 2.45) is 0 Å². The summed E-state index contributed by atoms with van der Waals surface area (Å²) >= 11 is 0. The summed E-state index contributed by atoms with van der Waals surface area (Å²) in [5, 5.41) is 12.5. The van der Waals surface area contributed by atoms with Crippen molar-refractivity contribution >= 4 is 11.9 Å². The Morgan fingerprint density at radius 3 is 2.94 bits per heavy atom. The highest BCUT2D eigenvalue weighted by molar-refractivity contribution is 5.92. The molecule has 6 nitrogen and oxygen atoms in total. The maximum Gasteiger partial charge on any atom is 0.305 e. The van der Waals surface area contributed by atoms with E-state index in [0.29, 0.717) is 12.2 Å². The fourth-order valence-corrected chi connectivity index (χ4v) is 2.29. The summed E-state index contributed by atoms with van der Waals surface area (Å²) in [5.74, 6) is -0.959. The normalized spacial score (nSPS) is 19.8. The van der Waals surface area contributed by atoms with E-state index in [9.17, 15) is 9.59 Å². The van der Waals surface area contributed by atoms with E-state index in [2.05, 4.69) is 5.16 Å². The molecule has 0 aromatic carbocycles. The summed E-state index contributed by atoms with van der Waals surface area (Å²) in [5.41, 5.74) is 0.644. The minimum absolute atomic E-state index is 0.0150. The zero-order valence-corrected chi connectivity index (χ0v) is 10.3. The molecule has 0 bridgehead atoms. The molecule has 1 amide bonds. The Balaban J connectivity index is 2.13. The smallest absolute Gasteiger partial charge is 0.305 e. The van der Waals surface area contributed by atoms with Gasteiger partial charge in [-0.1, -0.05) is 5.16 Å². The highest BCUT2D eigenvalue weighted by atomic mass is 16.5. The second-order valence-electron chi connectivity index (χ2n) is 4.58. The van der Waals surface area contributed by atoms with Gasteiger partial charge in [0.2, 0.25) is 5.76 Å². The fourth-order valence-electron chi connectivity index (χ4n) is 2.29. The maximum absolute atomic E-state index is 12.2. The molecule has 0 aliphatic carbocycles. The molecule has 98 valence electrons. The number of amides is 1. The molecule has 1 aliphatic heterocycles. The van der Waals surface area contributed by atoms with Crippen LogP contribution in [0.1, 0.15) is 41.9 Å². The molecule has 1 aliphatic rings. The first-order chi connectivity index (χ1) is 8.58. The summed E-state index contributed by atoms with van der Waals surface area (Å²) in [6.45, 7) is 2.32. The quantitative estimate of drug-likeness (QED) is 0.880. The Labute approximate surface area is 105 Å². The fraction of sp³-hybridized carbons (Fsp3) is 0.583. The predicted molar refractivity (Wildman–Crippen MR) is 62.2 cm³/mol. The van der Waals surface area contributed by atoms with Gasteiger partial charge in [0.1, 0.15) is 0 Å². The SMILES string of the molecule is Cc1cc(C(=O)N2CCCCC2CC(=O)O)on1. The van der Waals surface area contributed by atoms with Crippen molar-refractivity contribution in [3.8, 4) is 0 Å². The third-order valence-corrected chi connectivity index (χ3v) is 3.14. The summed E-state index contributed by atoms with van der Waals surface area (Å²) < 4.78 is 4.94. The van der Waals surface area contributed by atoms with Crippen LogP contribution in [0.15, 0.2) is 10.6 Å².